The second kappa shape index (κ2) is 11.8. The van der Waals surface area contributed by atoms with Crippen molar-refractivity contribution in [2.45, 2.75) is 18.4 Å². The molecule has 2 aromatic carbocycles. The molecule has 2 aromatic rings. The number of carbonyl (C=O) groups is 2. The van der Waals surface area contributed by atoms with Crippen LogP contribution in [0.1, 0.15) is 12.5 Å². The largest absolute Gasteiger partial charge is 0.383 e. The molecule has 2 amide bonds. The Kier molecular flexibility index (Phi) is 9.45. The first kappa shape index (κ1) is 25.6. The van der Waals surface area contributed by atoms with E-state index in [1.165, 1.54) is 68.5 Å². The van der Waals surface area contributed by atoms with E-state index < -0.39 is 10.1 Å². The SMILES string of the molecule is COCCN(Cc1cc(Cl)ccc1OS(=O)(=O)c1ccc(NC(C)=O)cc1)C(=O)COC. The van der Waals surface area contributed by atoms with Gasteiger partial charge in [0.15, 0.2) is 0 Å². The Labute approximate surface area is 192 Å². The summed E-state index contributed by atoms with van der Waals surface area (Å²) in [7, 11) is -1.27. The van der Waals surface area contributed by atoms with Crippen molar-refractivity contribution in [3.8, 4) is 5.75 Å². The molecule has 0 aliphatic heterocycles. The summed E-state index contributed by atoms with van der Waals surface area (Å²) in [5, 5.41) is 2.92. The number of nitrogens with zero attached hydrogens (tertiary/aromatic N) is 1. The predicted octanol–water partition coefficient (Wildman–Crippen LogP) is 2.69. The maximum atomic E-state index is 12.8. The molecule has 1 N–H and O–H groups in total. The van der Waals surface area contributed by atoms with Crippen molar-refractivity contribution in [2.24, 2.45) is 0 Å². The van der Waals surface area contributed by atoms with E-state index in [0.29, 0.717) is 16.3 Å². The van der Waals surface area contributed by atoms with Crippen LogP contribution in [0.4, 0.5) is 5.69 Å². The Bertz CT molecular complexity index is 1040. The quantitative estimate of drug-likeness (QED) is 0.488. The summed E-state index contributed by atoms with van der Waals surface area (Å²) in [5.74, 6) is -0.538. The minimum Gasteiger partial charge on any atom is -0.383 e. The summed E-state index contributed by atoms with van der Waals surface area (Å²) in [6.07, 6.45) is 0. The highest BCUT2D eigenvalue weighted by Crippen LogP contribution is 2.28. The zero-order chi connectivity index (χ0) is 23.7. The van der Waals surface area contributed by atoms with Gasteiger partial charge in [-0.25, -0.2) is 0 Å². The standard InChI is InChI=1S/C21H25ClN2O7S/c1-15(25)23-18-5-7-19(8-6-18)32(27,28)31-20-9-4-17(22)12-16(20)13-24(10-11-29-2)21(26)14-30-3/h4-9,12H,10-11,13-14H2,1-3H3,(H,23,25). The Morgan fingerprint density at radius 2 is 1.75 bits per heavy atom. The first-order valence-electron chi connectivity index (χ1n) is 9.52. The lowest BCUT2D eigenvalue weighted by molar-refractivity contribution is -0.136. The molecule has 9 nitrogen and oxygen atoms in total. The van der Waals surface area contributed by atoms with Crippen molar-refractivity contribution in [1.82, 2.24) is 4.90 Å². The zero-order valence-electron chi connectivity index (χ0n) is 18.0. The number of ether oxygens (including phenoxy) is 2. The molecule has 0 aromatic heterocycles. The third-order valence-corrected chi connectivity index (χ3v) is 5.72. The molecule has 0 aliphatic carbocycles. The number of hydrogen-bond acceptors (Lipinski definition) is 7. The Morgan fingerprint density at radius 3 is 2.34 bits per heavy atom. The minimum atomic E-state index is -4.19. The van der Waals surface area contributed by atoms with Crippen LogP contribution in [-0.4, -0.2) is 59.1 Å². The van der Waals surface area contributed by atoms with Crippen LogP contribution in [0, 0.1) is 0 Å². The van der Waals surface area contributed by atoms with Crippen LogP contribution in [0.15, 0.2) is 47.4 Å². The molecule has 11 heteroatoms. The van der Waals surface area contributed by atoms with Gasteiger partial charge in [-0.05, 0) is 42.5 Å². The third kappa shape index (κ3) is 7.49. The van der Waals surface area contributed by atoms with E-state index in [2.05, 4.69) is 5.32 Å². The Morgan fingerprint density at radius 1 is 1.06 bits per heavy atom. The molecule has 0 saturated heterocycles. The molecule has 0 bridgehead atoms. The third-order valence-electron chi connectivity index (χ3n) is 4.23. The fraction of sp³-hybridized carbons (Fsp3) is 0.333. The topological polar surface area (TPSA) is 111 Å². The molecule has 0 atom stereocenters. The lowest BCUT2D eigenvalue weighted by atomic mass is 10.2. The van der Waals surface area contributed by atoms with Gasteiger partial charge in [-0.2, -0.15) is 8.42 Å². The van der Waals surface area contributed by atoms with E-state index in [9.17, 15) is 18.0 Å². The molecule has 174 valence electrons. The van der Waals surface area contributed by atoms with Crippen molar-refractivity contribution in [3.63, 3.8) is 0 Å². The van der Waals surface area contributed by atoms with E-state index in [0.717, 1.165) is 0 Å². The van der Waals surface area contributed by atoms with Crippen molar-refractivity contribution in [3.05, 3.63) is 53.1 Å². The summed E-state index contributed by atoms with van der Waals surface area (Å²) in [6, 6.07) is 10.0. The van der Waals surface area contributed by atoms with Gasteiger partial charge in [-0.1, -0.05) is 11.6 Å². The average Bonchev–Trinajstić information content (AvgIpc) is 2.73. The first-order valence-corrected chi connectivity index (χ1v) is 11.3. The van der Waals surface area contributed by atoms with Crippen LogP contribution in [0.5, 0.6) is 5.75 Å². The first-order chi connectivity index (χ1) is 15.2. The van der Waals surface area contributed by atoms with Gasteiger partial charge in [-0.3, -0.25) is 9.59 Å². The van der Waals surface area contributed by atoms with Gasteiger partial charge in [-0.15, -0.1) is 0 Å². The van der Waals surface area contributed by atoms with Crippen molar-refractivity contribution < 1.29 is 31.7 Å². The number of nitrogens with one attached hydrogen (secondary N) is 1. The second-order valence-corrected chi connectivity index (χ2v) is 8.72. The normalized spacial score (nSPS) is 11.1. The van der Waals surface area contributed by atoms with Crippen LogP contribution in [0.25, 0.3) is 0 Å². The van der Waals surface area contributed by atoms with Gasteiger partial charge in [0.25, 0.3) is 0 Å². The zero-order valence-corrected chi connectivity index (χ0v) is 19.5. The highest BCUT2D eigenvalue weighted by Gasteiger charge is 2.21. The second-order valence-electron chi connectivity index (χ2n) is 6.74. The molecule has 0 radical (unpaired) electrons. The van der Waals surface area contributed by atoms with Crippen molar-refractivity contribution in [1.29, 1.82) is 0 Å². The maximum absolute atomic E-state index is 12.8. The number of halogens is 1. The summed E-state index contributed by atoms with van der Waals surface area (Å²) in [6.45, 7) is 1.80. The van der Waals surface area contributed by atoms with Gasteiger partial charge >= 0.3 is 10.1 Å². The Balaban J connectivity index is 2.29. The summed E-state index contributed by atoms with van der Waals surface area (Å²) >= 11 is 6.10. The number of benzene rings is 2. The van der Waals surface area contributed by atoms with Crippen molar-refractivity contribution >= 4 is 39.2 Å². The molecular formula is C21H25ClN2O7S. The van der Waals surface area contributed by atoms with Crippen LogP contribution in [0.3, 0.4) is 0 Å². The molecule has 32 heavy (non-hydrogen) atoms. The van der Waals surface area contributed by atoms with Crippen LogP contribution in [-0.2, 0) is 35.7 Å². The summed E-state index contributed by atoms with van der Waals surface area (Å²) < 4.78 is 40.9. The van der Waals surface area contributed by atoms with E-state index in [-0.39, 0.29) is 48.8 Å². The highest BCUT2D eigenvalue weighted by molar-refractivity contribution is 7.87. The average molecular weight is 485 g/mol. The molecule has 2 rings (SSSR count). The van der Waals surface area contributed by atoms with Gasteiger partial charge in [0.1, 0.15) is 17.3 Å². The van der Waals surface area contributed by atoms with Gasteiger partial charge in [0.2, 0.25) is 11.8 Å². The monoisotopic (exact) mass is 484 g/mol. The molecular weight excluding hydrogens is 460 g/mol. The van der Waals surface area contributed by atoms with Crippen LogP contribution >= 0.6 is 11.6 Å². The van der Waals surface area contributed by atoms with Crippen LogP contribution < -0.4 is 9.50 Å². The smallest absolute Gasteiger partial charge is 0.339 e. The fourth-order valence-corrected chi connectivity index (χ4v) is 3.90. The lowest BCUT2D eigenvalue weighted by Crippen LogP contribution is -2.36. The molecule has 0 fully saturated rings. The molecule has 0 spiro atoms. The number of amides is 2. The predicted molar refractivity (Wildman–Crippen MR) is 119 cm³/mol. The number of methoxy groups -OCH3 is 2. The fourth-order valence-electron chi connectivity index (χ4n) is 2.74. The highest BCUT2D eigenvalue weighted by atomic mass is 35.5. The molecule has 0 unspecified atom stereocenters. The number of rotatable bonds is 11. The molecule has 0 aliphatic rings. The van der Waals surface area contributed by atoms with E-state index in [1.807, 2.05) is 0 Å². The number of hydrogen-bond donors (Lipinski definition) is 1. The molecule has 0 saturated carbocycles. The van der Waals surface area contributed by atoms with Crippen LogP contribution in [0.2, 0.25) is 5.02 Å². The minimum absolute atomic E-state index is 0.0352. The number of anilines is 1. The van der Waals surface area contributed by atoms with E-state index in [1.54, 1.807) is 0 Å². The summed E-state index contributed by atoms with van der Waals surface area (Å²) in [4.78, 5) is 24.9. The van der Waals surface area contributed by atoms with E-state index in [4.69, 9.17) is 25.3 Å². The molecule has 0 heterocycles. The van der Waals surface area contributed by atoms with E-state index >= 15 is 0 Å². The van der Waals surface area contributed by atoms with Crippen molar-refractivity contribution in [2.75, 3.05) is 39.3 Å². The number of carbonyl (C=O) groups excluding carboxylic acids is 2. The maximum Gasteiger partial charge on any atom is 0.339 e. The van der Waals surface area contributed by atoms with Gasteiger partial charge in [0.05, 0.1) is 6.61 Å². The summed E-state index contributed by atoms with van der Waals surface area (Å²) in [5.41, 5.74) is 0.852. The van der Waals surface area contributed by atoms with Gasteiger partial charge < -0.3 is 23.9 Å². The Hall–Kier alpha value is -2.66. The van der Waals surface area contributed by atoms with Gasteiger partial charge in [0, 0.05) is 50.5 Å². The lowest BCUT2D eigenvalue weighted by Gasteiger charge is -2.23.